The molecule has 1 aromatic rings. The first-order chi connectivity index (χ1) is 9.40. The summed E-state index contributed by atoms with van der Waals surface area (Å²) >= 11 is 11.0. The lowest BCUT2D eigenvalue weighted by Gasteiger charge is -2.21. The van der Waals surface area contributed by atoms with Gasteiger partial charge in [0.05, 0.1) is 9.37 Å². The Bertz CT molecular complexity index is 589. The van der Waals surface area contributed by atoms with Crippen LogP contribution in [0.25, 0.3) is 0 Å². The summed E-state index contributed by atoms with van der Waals surface area (Å²) in [5.74, 6) is 2.60. The molecule has 0 radical (unpaired) electrons. The van der Waals surface area contributed by atoms with Crippen molar-refractivity contribution in [2.75, 3.05) is 23.8 Å². The number of rotatable bonds is 4. The van der Waals surface area contributed by atoms with Crippen LogP contribution in [0.4, 0.5) is 5.69 Å². The maximum absolute atomic E-state index is 12.3. The molecule has 0 aliphatic carbocycles. The number of benzene rings is 1. The number of halogens is 2. The Morgan fingerprint density at radius 1 is 1.40 bits per heavy atom. The zero-order valence-corrected chi connectivity index (χ0v) is 14.7. The average molecular weight is 400 g/mol. The molecule has 0 unspecified atom stereocenters. The van der Waals surface area contributed by atoms with Crippen molar-refractivity contribution in [1.29, 1.82) is 0 Å². The molecule has 0 aromatic heterocycles. The third kappa shape index (κ3) is 4.04. The number of anilines is 1. The van der Waals surface area contributed by atoms with Crippen molar-refractivity contribution in [3.8, 4) is 0 Å². The van der Waals surface area contributed by atoms with E-state index in [9.17, 15) is 8.42 Å². The lowest BCUT2D eigenvalue weighted by molar-refractivity contribution is 0.476. The fraction of sp³-hybridized carbons (Fsp3) is 0.500. The largest absolute Gasteiger partial charge is 0.398 e. The first kappa shape index (κ1) is 16.4. The van der Waals surface area contributed by atoms with Gasteiger partial charge in [-0.1, -0.05) is 11.6 Å². The van der Waals surface area contributed by atoms with Crippen LogP contribution in [-0.4, -0.2) is 26.5 Å². The molecule has 8 heteroatoms. The van der Waals surface area contributed by atoms with Crippen LogP contribution in [0.5, 0.6) is 0 Å². The highest BCUT2D eigenvalue weighted by Crippen LogP contribution is 2.31. The first-order valence-electron chi connectivity index (χ1n) is 6.22. The zero-order valence-electron chi connectivity index (χ0n) is 10.7. The molecule has 1 saturated heterocycles. The Labute approximate surface area is 137 Å². The highest BCUT2D eigenvalue weighted by Gasteiger charge is 2.22. The fourth-order valence-corrected chi connectivity index (χ4v) is 5.65. The van der Waals surface area contributed by atoms with Gasteiger partial charge in [-0.15, -0.1) is 0 Å². The van der Waals surface area contributed by atoms with E-state index in [-0.39, 0.29) is 4.90 Å². The van der Waals surface area contributed by atoms with E-state index in [4.69, 9.17) is 17.3 Å². The van der Waals surface area contributed by atoms with Gasteiger partial charge in [-0.3, -0.25) is 0 Å². The molecular formula is C12H16BrClN2O2S2. The predicted molar refractivity (Wildman–Crippen MR) is 88.8 cm³/mol. The van der Waals surface area contributed by atoms with Crippen LogP contribution in [0.3, 0.4) is 0 Å². The molecule has 112 valence electrons. The molecule has 1 heterocycles. The van der Waals surface area contributed by atoms with Gasteiger partial charge in [0.15, 0.2) is 0 Å². The number of nitrogens with one attached hydrogen (secondary N) is 1. The number of sulfonamides is 1. The number of hydrogen-bond acceptors (Lipinski definition) is 4. The van der Waals surface area contributed by atoms with E-state index >= 15 is 0 Å². The molecule has 0 amide bonds. The highest BCUT2D eigenvalue weighted by molar-refractivity contribution is 9.10. The maximum Gasteiger partial charge on any atom is 0.241 e. The predicted octanol–water partition coefficient (Wildman–Crippen LogP) is 3.11. The highest BCUT2D eigenvalue weighted by atomic mass is 79.9. The minimum atomic E-state index is -3.60. The topological polar surface area (TPSA) is 72.2 Å². The maximum atomic E-state index is 12.3. The van der Waals surface area contributed by atoms with Gasteiger partial charge in [0.2, 0.25) is 10.0 Å². The summed E-state index contributed by atoms with van der Waals surface area (Å²) in [5.41, 5.74) is 6.04. The summed E-state index contributed by atoms with van der Waals surface area (Å²) in [5, 5.41) is 0.306. The fourth-order valence-electron chi connectivity index (χ4n) is 2.04. The molecule has 1 aliphatic heterocycles. The van der Waals surface area contributed by atoms with Crippen molar-refractivity contribution in [3.05, 3.63) is 21.6 Å². The van der Waals surface area contributed by atoms with Crippen molar-refractivity contribution in [2.24, 2.45) is 5.92 Å². The molecule has 1 aromatic carbocycles. The van der Waals surface area contributed by atoms with Gasteiger partial charge in [-0.2, -0.15) is 11.8 Å². The molecule has 0 saturated carbocycles. The van der Waals surface area contributed by atoms with Crippen LogP contribution in [0.2, 0.25) is 5.02 Å². The van der Waals surface area contributed by atoms with E-state index in [1.165, 1.54) is 12.1 Å². The van der Waals surface area contributed by atoms with E-state index in [1.54, 1.807) is 0 Å². The molecule has 0 bridgehead atoms. The van der Waals surface area contributed by atoms with Gasteiger partial charge < -0.3 is 5.73 Å². The number of thioether (sulfide) groups is 1. The van der Waals surface area contributed by atoms with Crippen molar-refractivity contribution in [3.63, 3.8) is 0 Å². The molecule has 4 nitrogen and oxygen atoms in total. The van der Waals surface area contributed by atoms with Crippen molar-refractivity contribution >= 4 is 55.0 Å². The van der Waals surface area contributed by atoms with Gasteiger partial charge in [-0.25, -0.2) is 13.1 Å². The second-order valence-corrected chi connectivity index (χ2v) is 8.90. The zero-order chi connectivity index (χ0) is 14.8. The Balaban J connectivity index is 2.14. The van der Waals surface area contributed by atoms with Crippen molar-refractivity contribution < 1.29 is 8.42 Å². The molecular weight excluding hydrogens is 384 g/mol. The quantitative estimate of drug-likeness (QED) is 0.763. The molecule has 2 rings (SSSR count). The van der Waals surface area contributed by atoms with Crippen LogP contribution < -0.4 is 10.5 Å². The monoisotopic (exact) mass is 398 g/mol. The normalized spacial score (nSPS) is 17.3. The lowest BCUT2D eigenvalue weighted by atomic mass is 10.0. The Morgan fingerprint density at radius 3 is 2.70 bits per heavy atom. The second-order valence-electron chi connectivity index (χ2n) is 4.71. The van der Waals surface area contributed by atoms with Gasteiger partial charge in [-0.05, 0) is 58.3 Å². The molecule has 3 N–H and O–H groups in total. The van der Waals surface area contributed by atoms with E-state index in [0.717, 1.165) is 24.3 Å². The Hall–Kier alpha value is 0.0500. The third-order valence-corrected chi connectivity index (χ3v) is 7.09. The summed E-state index contributed by atoms with van der Waals surface area (Å²) < 4.78 is 27.7. The van der Waals surface area contributed by atoms with Crippen LogP contribution in [0, 0.1) is 5.92 Å². The van der Waals surface area contributed by atoms with E-state index in [0.29, 0.717) is 27.6 Å². The molecule has 0 atom stereocenters. The first-order valence-corrected chi connectivity index (χ1v) is 10.0. The molecule has 0 spiro atoms. The minimum absolute atomic E-state index is 0.0904. The average Bonchev–Trinajstić information content (AvgIpc) is 2.42. The van der Waals surface area contributed by atoms with Crippen molar-refractivity contribution in [1.82, 2.24) is 4.72 Å². The standard InChI is InChI=1S/C12H16BrClN2O2S2/c13-12-10(15)5-9(14)6-11(12)20(17,18)16-7-8-1-3-19-4-2-8/h5-6,8,16H,1-4,7,15H2. The van der Waals surface area contributed by atoms with E-state index in [2.05, 4.69) is 20.7 Å². The summed E-state index contributed by atoms with van der Waals surface area (Å²) in [6, 6.07) is 2.92. The molecule has 1 fully saturated rings. The summed E-state index contributed by atoms with van der Waals surface area (Å²) in [4.78, 5) is 0.0904. The lowest BCUT2D eigenvalue weighted by Crippen LogP contribution is -2.31. The summed E-state index contributed by atoms with van der Waals surface area (Å²) in [6.45, 7) is 0.460. The third-order valence-electron chi connectivity index (χ3n) is 3.22. The molecule has 20 heavy (non-hydrogen) atoms. The summed E-state index contributed by atoms with van der Waals surface area (Å²) in [7, 11) is -3.60. The minimum Gasteiger partial charge on any atom is -0.398 e. The van der Waals surface area contributed by atoms with Crippen LogP contribution >= 0.6 is 39.3 Å². The van der Waals surface area contributed by atoms with Crippen molar-refractivity contribution in [2.45, 2.75) is 17.7 Å². The van der Waals surface area contributed by atoms with E-state index in [1.807, 2.05) is 11.8 Å². The number of nitrogens with two attached hydrogens (primary N) is 1. The van der Waals surface area contributed by atoms with Crippen LogP contribution in [-0.2, 0) is 10.0 Å². The smallest absolute Gasteiger partial charge is 0.241 e. The Kier molecular flexibility index (Phi) is 5.64. The van der Waals surface area contributed by atoms with Gasteiger partial charge in [0, 0.05) is 17.3 Å². The van der Waals surface area contributed by atoms with Gasteiger partial charge >= 0.3 is 0 Å². The Morgan fingerprint density at radius 2 is 2.05 bits per heavy atom. The summed E-state index contributed by atoms with van der Waals surface area (Å²) in [6.07, 6.45) is 2.10. The van der Waals surface area contributed by atoms with Gasteiger partial charge in [0.25, 0.3) is 0 Å². The second kappa shape index (κ2) is 6.87. The molecule has 1 aliphatic rings. The van der Waals surface area contributed by atoms with Crippen LogP contribution in [0.1, 0.15) is 12.8 Å². The van der Waals surface area contributed by atoms with E-state index < -0.39 is 10.0 Å². The SMILES string of the molecule is Nc1cc(Cl)cc(S(=O)(=O)NCC2CCSCC2)c1Br. The number of nitrogen functional groups attached to an aromatic ring is 1. The van der Waals surface area contributed by atoms with Crippen LogP contribution in [0.15, 0.2) is 21.5 Å². The van der Waals surface area contributed by atoms with Gasteiger partial charge in [0.1, 0.15) is 0 Å². The number of hydrogen-bond donors (Lipinski definition) is 2.